The maximum atomic E-state index is 14.4. The highest BCUT2D eigenvalue weighted by Gasteiger charge is 2.25. The van der Waals surface area contributed by atoms with Gasteiger partial charge in [0.2, 0.25) is 0 Å². The molecular weight excluding hydrogens is 369 g/mol. The number of benzene rings is 2. The second-order valence-corrected chi connectivity index (χ2v) is 7.46. The highest BCUT2D eigenvalue weighted by Crippen LogP contribution is 2.46. The molecule has 0 spiro atoms. The number of aliphatic hydroxyl groups excluding tert-OH is 1. The van der Waals surface area contributed by atoms with E-state index in [4.69, 9.17) is 11.6 Å². The number of thiophene rings is 1. The fourth-order valence-electron chi connectivity index (χ4n) is 2.97. The summed E-state index contributed by atoms with van der Waals surface area (Å²) in [6.45, 7) is 0. The molecule has 1 aliphatic rings. The van der Waals surface area contributed by atoms with Crippen molar-refractivity contribution in [3.8, 4) is 11.1 Å². The summed E-state index contributed by atoms with van der Waals surface area (Å²) in [5, 5.41) is 11.8. The first kappa shape index (κ1) is 16.5. The van der Waals surface area contributed by atoms with Crippen molar-refractivity contribution in [1.82, 2.24) is 0 Å². The molecule has 0 saturated heterocycles. The molecule has 0 aliphatic heterocycles. The summed E-state index contributed by atoms with van der Waals surface area (Å²) < 4.78 is 42.3. The molecule has 1 saturated carbocycles. The first-order valence-electron chi connectivity index (χ1n) is 7.74. The van der Waals surface area contributed by atoms with Gasteiger partial charge < -0.3 is 5.11 Å². The maximum absolute atomic E-state index is 14.4. The van der Waals surface area contributed by atoms with Crippen molar-refractivity contribution in [3.63, 3.8) is 0 Å². The molecule has 1 N–H and O–H groups in total. The van der Waals surface area contributed by atoms with Crippen LogP contribution in [0.1, 0.15) is 24.1 Å². The third-order valence-electron chi connectivity index (χ3n) is 4.46. The first-order chi connectivity index (χ1) is 12.0. The fourth-order valence-corrected chi connectivity index (χ4v) is 4.46. The lowest BCUT2D eigenvalue weighted by Crippen LogP contribution is -2.01. The van der Waals surface area contributed by atoms with E-state index < -0.39 is 17.5 Å². The highest BCUT2D eigenvalue weighted by molar-refractivity contribution is 7.20. The molecule has 1 aromatic heterocycles. The van der Waals surface area contributed by atoms with E-state index in [2.05, 4.69) is 0 Å². The number of rotatable bonds is 2. The zero-order valence-corrected chi connectivity index (χ0v) is 14.4. The Balaban J connectivity index is 2.06. The van der Waals surface area contributed by atoms with E-state index in [0.29, 0.717) is 20.8 Å². The predicted molar refractivity (Wildman–Crippen MR) is 95.5 cm³/mol. The highest BCUT2D eigenvalue weighted by atomic mass is 35.5. The number of allylic oxidation sites excluding steroid dienone is 1. The van der Waals surface area contributed by atoms with Gasteiger partial charge in [0.1, 0.15) is 5.76 Å². The number of hydrogen-bond donors (Lipinski definition) is 1. The van der Waals surface area contributed by atoms with Crippen LogP contribution in [0, 0.1) is 17.5 Å². The molecule has 1 heterocycles. The monoisotopic (exact) mass is 380 g/mol. The maximum Gasteiger partial charge on any atom is 0.195 e. The Labute approximate surface area is 151 Å². The first-order valence-corrected chi connectivity index (χ1v) is 8.94. The Hall–Kier alpha value is -1.98. The summed E-state index contributed by atoms with van der Waals surface area (Å²) in [6.07, 6.45) is 2.55. The van der Waals surface area contributed by atoms with Gasteiger partial charge in [-0.15, -0.1) is 11.3 Å². The normalized spacial score (nSPS) is 14.0. The fraction of sp³-hybridized carbons (Fsp3) is 0.158. The summed E-state index contributed by atoms with van der Waals surface area (Å²) in [6, 6.07) is 7.16. The molecule has 0 unspecified atom stereocenters. The van der Waals surface area contributed by atoms with Crippen LogP contribution in [-0.2, 0) is 0 Å². The van der Waals surface area contributed by atoms with Crippen LogP contribution < -0.4 is 0 Å². The lowest BCUT2D eigenvalue weighted by Gasteiger charge is -2.18. The Morgan fingerprint density at radius 3 is 2.48 bits per heavy atom. The second kappa shape index (κ2) is 6.07. The van der Waals surface area contributed by atoms with E-state index in [1.54, 1.807) is 18.2 Å². The zero-order chi connectivity index (χ0) is 17.7. The van der Waals surface area contributed by atoms with E-state index in [9.17, 15) is 18.3 Å². The molecule has 0 atom stereocenters. The molecule has 1 aliphatic carbocycles. The van der Waals surface area contributed by atoms with Gasteiger partial charge in [0.05, 0.1) is 4.88 Å². The molecule has 1 nitrogen and oxygen atoms in total. The minimum absolute atomic E-state index is 0.0751. The van der Waals surface area contributed by atoms with Crippen LogP contribution in [0.3, 0.4) is 0 Å². The van der Waals surface area contributed by atoms with Crippen LogP contribution in [0.4, 0.5) is 13.2 Å². The van der Waals surface area contributed by atoms with Gasteiger partial charge in [-0.05, 0) is 49.1 Å². The summed E-state index contributed by atoms with van der Waals surface area (Å²) in [5.74, 6) is -3.93. The van der Waals surface area contributed by atoms with E-state index in [0.717, 1.165) is 35.6 Å². The summed E-state index contributed by atoms with van der Waals surface area (Å²) in [5.41, 5.74) is 1.18. The third kappa shape index (κ3) is 2.62. The van der Waals surface area contributed by atoms with Crippen molar-refractivity contribution in [2.24, 2.45) is 0 Å². The predicted octanol–water partition coefficient (Wildman–Crippen LogP) is 7.09. The summed E-state index contributed by atoms with van der Waals surface area (Å²) in [4.78, 5) is 0.455. The van der Waals surface area contributed by atoms with Gasteiger partial charge in [-0.1, -0.05) is 17.7 Å². The topological polar surface area (TPSA) is 20.2 Å². The van der Waals surface area contributed by atoms with Crippen LogP contribution in [0.2, 0.25) is 5.02 Å². The third-order valence-corrected chi connectivity index (χ3v) is 5.86. The van der Waals surface area contributed by atoms with Gasteiger partial charge in [0.15, 0.2) is 17.5 Å². The Kier molecular flexibility index (Phi) is 4.01. The van der Waals surface area contributed by atoms with Crippen molar-refractivity contribution >= 4 is 38.8 Å². The minimum Gasteiger partial charge on any atom is -0.506 e. The molecule has 6 heteroatoms. The van der Waals surface area contributed by atoms with Gasteiger partial charge in [-0.3, -0.25) is 0 Å². The van der Waals surface area contributed by atoms with Crippen LogP contribution in [0.15, 0.2) is 35.9 Å². The van der Waals surface area contributed by atoms with Gasteiger partial charge in [0, 0.05) is 26.2 Å². The smallest absolute Gasteiger partial charge is 0.195 e. The lowest BCUT2D eigenvalue weighted by atomic mass is 9.89. The zero-order valence-electron chi connectivity index (χ0n) is 12.9. The second-order valence-electron chi connectivity index (χ2n) is 5.98. The Morgan fingerprint density at radius 1 is 1.04 bits per heavy atom. The lowest BCUT2D eigenvalue weighted by molar-refractivity contribution is 0.449. The molecule has 1 fully saturated rings. The van der Waals surface area contributed by atoms with E-state index >= 15 is 0 Å². The molecule has 128 valence electrons. The van der Waals surface area contributed by atoms with Crippen LogP contribution in [0.5, 0.6) is 0 Å². The van der Waals surface area contributed by atoms with Crippen molar-refractivity contribution in [1.29, 1.82) is 0 Å². The summed E-state index contributed by atoms with van der Waals surface area (Å²) in [7, 11) is 0. The number of fused-ring (bicyclic) bond motifs is 1. The van der Waals surface area contributed by atoms with Gasteiger partial charge in [0.25, 0.3) is 0 Å². The molecule has 0 bridgehead atoms. The number of aliphatic hydroxyl groups is 1. The molecule has 3 aromatic rings. The van der Waals surface area contributed by atoms with E-state index in [1.807, 2.05) is 0 Å². The summed E-state index contributed by atoms with van der Waals surface area (Å²) >= 11 is 7.29. The van der Waals surface area contributed by atoms with Crippen molar-refractivity contribution in [3.05, 3.63) is 63.3 Å². The molecule has 0 amide bonds. The van der Waals surface area contributed by atoms with Gasteiger partial charge in [-0.25, -0.2) is 13.2 Å². The Morgan fingerprint density at radius 2 is 1.80 bits per heavy atom. The largest absolute Gasteiger partial charge is 0.506 e. The van der Waals surface area contributed by atoms with E-state index in [1.165, 1.54) is 17.4 Å². The molecule has 25 heavy (non-hydrogen) atoms. The van der Waals surface area contributed by atoms with Crippen molar-refractivity contribution < 1.29 is 18.3 Å². The molecule has 2 aromatic carbocycles. The average Bonchev–Trinajstić information content (AvgIpc) is 2.89. The molecule has 4 rings (SSSR count). The van der Waals surface area contributed by atoms with Crippen molar-refractivity contribution in [2.45, 2.75) is 19.3 Å². The number of hydrogen-bond acceptors (Lipinski definition) is 2. The van der Waals surface area contributed by atoms with Crippen LogP contribution in [-0.4, -0.2) is 5.11 Å². The van der Waals surface area contributed by atoms with Crippen LogP contribution in [0.25, 0.3) is 27.0 Å². The standard InChI is InChI=1S/C19H12ClF3OS/c20-10-4-5-11-14(8-10)25-19(18(24)9-2-1-3-9)15(11)12-6-7-13(21)17(23)16(12)22/h4-8,24H,1-3H2. The van der Waals surface area contributed by atoms with Crippen LogP contribution >= 0.6 is 22.9 Å². The van der Waals surface area contributed by atoms with Gasteiger partial charge >= 0.3 is 0 Å². The SMILES string of the molecule is OC(=C1CCC1)c1sc2cc(Cl)ccc2c1-c1ccc(F)c(F)c1F. The van der Waals surface area contributed by atoms with E-state index in [-0.39, 0.29) is 11.3 Å². The number of halogens is 4. The quantitative estimate of drug-likeness (QED) is 0.371. The molecule has 0 radical (unpaired) electrons. The Bertz CT molecular complexity index is 1030. The molecular formula is C19H12ClF3OS. The van der Waals surface area contributed by atoms with Gasteiger partial charge in [-0.2, -0.15) is 0 Å². The van der Waals surface area contributed by atoms with Crippen molar-refractivity contribution in [2.75, 3.05) is 0 Å². The minimum atomic E-state index is -1.52. The average molecular weight is 381 g/mol.